The molecule has 3 rings (SSSR count). The Morgan fingerprint density at radius 1 is 1.33 bits per heavy atom. The molecule has 0 saturated heterocycles. The highest BCUT2D eigenvalue weighted by Crippen LogP contribution is 2.37. The van der Waals surface area contributed by atoms with Crippen LogP contribution in [0.1, 0.15) is 10.4 Å². The lowest BCUT2D eigenvalue weighted by Crippen LogP contribution is -2.12. The molecule has 90 valence electrons. The predicted octanol–water partition coefficient (Wildman–Crippen LogP) is 2.61. The van der Waals surface area contributed by atoms with Crippen molar-refractivity contribution in [3.05, 3.63) is 35.2 Å². The molecule has 1 N–H and O–H groups in total. The van der Waals surface area contributed by atoms with Gasteiger partial charge in [-0.25, -0.2) is 4.98 Å². The molecule has 1 aliphatic heterocycles. The van der Waals surface area contributed by atoms with E-state index in [-0.39, 0.29) is 0 Å². The number of hydrogen-bond acceptors (Lipinski definition) is 5. The minimum atomic E-state index is -0.639. The van der Waals surface area contributed by atoms with Crippen molar-refractivity contribution in [2.24, 2.45) is 0 Å². The highest BCUT2D eigenvalue weighted by Gasteiger charge is 2.29. The Bertz CT molecular complexity index is 655. The largest absolute Gasteiger partial charge is 0.440 e. The van der Waals surface area contributed by atoms with Crippen molar-refractivity contribution in [3.63, 3.8) is 0 Å². The summed E-state index contributed by atoms with van der Waals surface area (Å²) in [5, 5.41) is 3.30. The van der Waals surface area contributed by atoms with E-state index in [4.69, 9.17) is 16.0 Å². The topological polar surface area (TPSA) is 72.2 Å². The number of ketones is 1. The number of Topliss-reactive ketones (excluding diaryl/α,β-unsaturated/α-hetero) is 1. The fourth-order valence-corrected chi connectivity index (χ4v) is 2.60. The molecule has 1 amide bonds. The summed E-state index contributed by atoms with van der Waals surface area (Å²) in [5.41, 5.74) is 0.755. The van der Waals surface area contributed by atoms with Gasteiger partial charge in [-0.1, -0.05) is 11.6 Å². The molecular weight excluding hydrogens is 276 g/mol. The number of nitrogens with one attached hydrogen (secondary N) is 1. The first kappa shape index (κ1) is 11.3. The Hall–Kier alpha value is -1.79. The van der Waals surface area contributed by atoms with Gasteiger partial charge >= 0.3 is 0 Å². The average Bonchev–Trinajstić information content (AvgIpc) is 2.92. The van der Waals surface area contributed by atoms with E-state index < -0.39 is 11.7 Å². The molecule has 0 radical (unpaired) electrons. The van der Waals surface area contributed by atoms with Gasteiger partial charge in [-0.15, -0.1) is 0 Å². The van der Waals surface area contributed by atoms with Crippen LogP contribution in [-0.4, -0.2) is 16.7 Å². The quantitative estimate of drug-likeness (QED) is 0.856. The van der Waals surface area contributed by atoms with Gasteiger partial charge in [0.1, 0.15) is 6.26 Å². The van der Waals surface area contributed by atoms with Gasteiger partial charge in [-0.3, -0.25) is 9.59 Å². The van der Waals surface area contributed by atoms with Gasteiger partial charge in [-0.05, 0) is 23.9 Å². The number of rotatable bonds is 2. The van der Waals surface area contributed by atoms with Gasteiger partial charge in [0.25, 0.3) is 16.9 Å². The van der Waals surface area contributed by atoms with Gasteiger partial charge in [-0.2, -0.15) is 0 Å². The molecule has 1 aromatic heterocycles. The first-order valence-electron chi connectivity index (χ1n) is 4.92. The van der Waals surface area contributed by atoms with E-state index in [1.54, 1.807) is 6.07 Å². The number of halogens is 1. The maximum atomic E-state index is 11.5. The fraction of sp³-hybridized carbons (Fsp3) is 0. The molecule has 7 heteroatoms. The molecule has 0 fully saturated rings. The number of oxazole rings is 1. The van der Waals surface area contributed by atoms with Crippen molar-refractivity contribution in [3.8, 4) is 0 Å². The van der Waals surface area contributed by atoms with Crippen LogP contribution in [-0.2, 0) is 4.79 Å². The molecular formula is C11H5ClN2O3S. The molecule has 2 heterocycles. The van der Waals surface area contributed by atoms with Crippen molar-refractivity contribution in [1.29, 1.82) is 0 Å². The van der Waals surface area contributed by atoms with E-state index in [2.05, 4.69) is 10.3 Å². The van der Waals surface area contributed by atoms with Crippen LogP contribution in [0.5, 0.6) is 0 Å². The van der Waals surface area contributed by atoms with Gasteiger partial charge in [0.05, 0.1) is 22.5 Å². The highest BCUT2D eigenvalue weighted by molar-refractivity contribution is 7.99. The van der Waals surface area contributed by atoms with Crippen LogP contribution in [0.25, 0.3) is 0 Å². The van der Waals surface area contributed by atoms with Crippen LogP contribution in [0.2, 0.25) is 5.02 Å². The zero-order valence-corrected chi connectivity index (χ0v) is 10.3. The summed E-state index contributed by atoms with van der Waals surface area (Å²) < 4.78 is 5.09. The lowest BCUT2D eigenvalue weighted by Gasteiger charge is -2.04. The van der Waals surface area contributed by atoms with Crippen LogP contribution in [0, 0.1) is 0 Å². The van der Waals surface area contributed by atoms with Gasteiger partial charge in [0.2, 0.25) is 0 Å². The summed E-state index contributed by atoms with van der Waals surface area (Å²) in [6.45, 7) is 0. The lowest BCUT2D eigenvalue weighted by atomic mass is 10.1. The number of amides is 1. The van der Waals surface area contributed by atoms with Crippen LogP contribution < -0.4 is 5.32 Å². The third-order valence-corrected chi connectivity index (χ3v) is 3.74. The third kappa shape index (κ3) is 1.79. The molecule has 0 saturated carbocycles. The maximum absolute atomic E-state index is 11.5. The van der Waals surface area contributed by atoms with Crippen molar-refractivity contribution >= 4 is 40.7 Å². The van der Waals surface area contributed by atoms with E-state index in [1.165, 1.54) is 30.3 Å². The highest BCUT2D eigenvalue weighted by atomic mass is 35.5. The normalized spacial score (nSPS) is 13.6. The van der Waals surface area contributed by atoms with E-state index in [9.17, 15) is 9.59 Å². The van der Waals surface area contributed by atoms with Crippen molar-refractivity contribution < 1.29 is 14.0 Å². The number of aromatic nitrogens is 1. The summed E-state index contributed by atoms with van der Waals surface area (Å²) in [5.74, 6) is -1.21. The zero-order valence-electron chi connectivity index (χ0n) is 8.77. The summed E-state index contributed by atoms with van der Waals surface area (Å²) in [4.78, 5) is 27.3. The van der Waals surface area contributed by atoms with E-state index >= 15 is 0 Å². The molecule has 0 spiro atoms. The molecule has 2 aromatic rings. The average molecular weight is 281 g/mol. The van der Waals surface area contributed by atoms with Gasteiger partial charge in [0.15, 0.2) is 0 Å². The number of carbonyl (C=O) groups is 2. The number of anilines is 1. The monoisotopic (exact) mass is 280 g/mol. The summed E-state index contributed by atoms with van der Waals surface area (Å²) in [6.07, 6.45) is 2.98. The number of nitrogens with zero attached hydrogens (tertiary/aromatic N) is 1. The number of fused-ring (bicyclic) bond motifs is 1. The number of carbonyl (C=O) groups excluding carboxylic acids is 2. The Labute approximate surface area is 111 Å². The number of hydrogen-bond donors (Lipinski definition) is 1. The van der Waals surface area contributed by atoms with Crippen molar-refractivity contribution in [2.75, 3.05) is 5.32 Å². The Kier molecular flexibility index (Phi) is 2.61. The molecule has 5 nitrogen and oxygen atoms in total. The van der Waals surface area contributed by atoms with Gasteiger partial charge in [0, 0.05) is 4.90 Å². The SMILES string of the molecule is O=C1Nc2cc(Sc3ncco3)c(Cl)cc2C1=O. The molecule has 0 bridgehead atoms. The second-order valence-electron chi connectivity index (χ2n) is 3.51. The van der Waals surface area contributed by atoms with Crippen molar-refractivity contribution in [2.45, 2.75) is 10.1 Å². The first-order chi connectivity index (χ1) is 8.65. The second kappa shape index (κ2) is 4.15. The van der Waals surface area contributed by atoms with E-state index in [0.717, 1.165) is 0 Å². The van der Waals surface area contributed by atoms with E-state index in [0.29, 0.717) is 26.4 Å². The van der Waals surface area contributed by atoms with Crippen LogP contribution in [0.3, 0.4) is 0 Å². The molecule has 1 aromatic carbocycles. The Morgan fingerprint density at radius 3 is 2.89 bits per heavy atom. The standard InChI is InChI=1S/C11H5ClN2O3S/c12-6-3-5-7(14-10(16)9(5)15)4-8(6)18-11-13-1-2-17-11/h1-4H,(H,14,15,16). The predicted molar refractivity (Wildman–Crippen MR) is 65.0 cm³/mol. The van der Waals surface area contributed by atoms with Gasteiger partial charge < -0.3 is 9.73 Å². The van der Waals surface area contributed by atoms with Crippen LogP contribution in [0.15, 0.2) is 39.1 Å². The minimum absolute atomic E-state index is 0.293. The summed E-state index contributed by atoms with van der Waals surface area (Å²) in [6, 6.07) is 3.11. The van der Waals surface area contributed by atoms with E-state index in [1.807, 2.05) is 0 Å². The molecule has 0 aliphatic carbocycles. The molecule has 18 heavy (non-hydrogen) atoms. The third-order valence-electron chi connectivity index (χ3n) is 2.38. The number of benzene rings is 1. The molecule has 0 atom stereocenters. The maximum Gasteiger partial charge on any atom is 0.296 e. The summed E-state index contributed by atoms with van der Waals surface area (Å²) >= 11 is 7.27. The molecule has 0 unspecified atom stereocenters. The Morgan fingerprint density at radius 2 is 2.17 bits per heavy atom. The summed E-state index contributed by atoms with van der Waals surface area (Å²) in [7, 11) is 0. The van der Waals surface area contributed by atoms with Crippen molar-refractivity contribution in [1.82, 2.24) is 4.98 Å². The second-order valence-corrected chi connectivity index (χ2v) is 4.91. The Balaban J connectivity index is 2.01. The van der Waals surface area contributed by atoms with Crippen LogP contribution >= 0.6 is 23.4 Å². The molecule has 1 aliphatic rings. The zero-order chi connectivity index (χ0) is 12.7. The first-order valence-corrected chi connectivity index (χ1v) is 6.11. The smallest absolute Gasteiger partial charge is 0.296 e. The minimum Gasteiger partial charge on any atom is -0.440 e. The lowest BCUT2D eigenvalue weighted by molar-refractivity contribution is -0.112. The van der Waals surface area contributed by atoms with Crippen LogP contribution in [0.4, 0.5) is 5.69 Å². The fourth-order valence-electron chi connectivity index (χ4n) is 1.58.